The van der Waals surface area contributed by atoms with E-state index in [2.05, 4.69) is 15.1 Å². The molecule has 2 heterocycles. The SMILES string of the molecule is O=C(CCc1nc(-c2cccnc2)no1)Oc1ccccc1F. The van der Waals surface area contributed by atoms with Crippen molar-refractivity contribution in [1.29, 1.82) is 0 Å². The summed E-state index contributed by atoms with van der Waals surface area (Å²) >= 11 is 0. The fourth-order valence-electron chi connectivity index (χ4n) is 1.88. The van der Waals surface area contributed by atoms with Gasteiger partial charge in [0.1, 0.15) is 0 Å². The largest absolute Gasteiger partial charge is 0.423 e. The van der Waals surface area contributed by atoms with E-state index >= 15 is 0 Å². The van der Waals surface area contributed by atoms with Crippen molar-refractivity contribution in [2.75, 3.05) is 0 Å². The third-order valence-electron chi connectivity index (χ3n) is 2.99. The lowest BCUT2D eigenvalue weighted by molar-refractivity contribution is -0.134. The van der Waals surface area contributed by atoms with Crippen LogP contribution in [0.1, 0.15) is 12.3 Å². The molecule has 2 aromatic heterocycles. The molecule has 23 heavy (non-hydrogen) atoms. The summed E-state index contributed by atoms with van der Waals surface area (Å²) in [5.74, 6) is -0.558. The molecule has 116 valence electrons. The van der Waals surface area contributed by atoms with Crippen LogP contribution in [0.3, 0.4) is 0 Å². The molecule has 0 unspecified atom stereocenters. The number of para-hydroxylation sites is 1. The molecule has 6 nitrogen and oxygen atoms in total. The Morgan fingerprint density at radius 1 is 1.22 bits per heavy atom. The molecule has 0 aliphatic rings. The zero-order chi connectivity index (χ0) is 16.1. The van der Waals surface area contributed by atoms with Gasteiger partial charge in [0, 0.05) is 24.4 Å². The highest BCUT2D eigenvalue weighted by Gasteiger charge is 2.13. The maximum atomic E-state index is 13.4. The van der Waals surface area contributed by atoms with Crippen LogP contribution in [0.5, 0.6) is 5.75 Å². The van der Waals surface area contributed by atoms with Crippen LogP contribution in [0.15, 0.2) is 53.3 Å². The summed E-state index contributed by atoms with van der Waals surface area (Å²) in [5, 5.41) is 3.82. The van der Waals surface area contributed by atoms with Gasteiger partial charge in [0.05, 0.1) is 6.42 Å². The molecule has 3 rings (SSSR count). The van der Waals surface area contributed by atoms with Crippen molar-refractivity contribution in [3.8, 4) is 17.1 Å². The number of ether oxygens (including phenoxy) is 1. The number of hydrogen-bond acceptors (Lipinski definition) is 6. The van der Waals surface area contributed by atoms with E-state index in [1.54, 1.807) is 30.6 Å². The third kappa shape index (κ3) is 3.76. The number of halogens is 1. The average molecular weight is 313 g/mol. The molecule has 7 heteroatoms. The van der Waals surface area contributed by atoms with Gasteiger partial charge in [-0.05, 0) is 24.3 Å². The number of carbonyl (C=O) groups excluding carboxylic acids is 1. The smallest absolute Gasteiger partial charge is 0.311 e. The number of benzene rings is 1. The fourth-order valence-corrected chi connectivity index (χ4v) is 1.88. The normalized spacial score (nSPS) is 10.5. The van der Waals surface area contributed by atoms with Crippen molar-refractivity contribution < 1.29 is 18.4 Å². The molecule has 0 aliphatic heterocycles. The van der Waals surface area contributed by atoms with Gasteiger partial charge < -0.3 is 9.26 Å². The Balaban J connectivity index is 1.58. The van der Waals surface area contributed by atoms with Crippen LogP contribution in [0.25, 0.3) is 11.4 Å². The van der Waals surface area contributed by atoms with Gasteiger partial charge in [-0.2, -0.15) is 4.98 Å². The first kappa shape index (κ1) is 14.8. The molecule has 0 saturated heterocycles. The van der Waals surface area contributed by atoms with E-state index in [1.807, 2.05) is 0 Å². The van der Waals surface area contributed by atoms with Crippen LogP contribution in [-0.4, -0.2) is 21.1 Å². The average Bonchev–Trinajstić information content (AvgIpc) is 3.05. The van der Waals surface area contributed by atoms with Gasteiger partial charge in [0.2, 0.25) is 11.7 Å². The van der Waals surface area contributed by atoms with E-state index < -0.39 is 11.8 Å². The minimum Gasteiger partial charge on any atom is -0.423 e. The van der Waals surface area contributed by atoms with Crippen molar-refractivity contribution in [2.24, 2.45) is 0 Å². The highest BCUT2D eigenvalue weighted by molar-refractivity contribution is 5.72. The van der Waals surface area contributed by atoms with E-state index in [0.29, 0.717) is 11.7 Å². The lowest BCUT2D eigenvalue weighted by Gasteiger charge is -2.03. The first-order valence-corrected chi connectivity index (χ1v) is 6.90. The molecular weight excluding hydrogens is 301 g/mol. The Morgan fingerprint density at radius 3 is 2.87 bits per heavy atom. The summed E-state index contributed by atoms with van der Waals surface area (Å²) in [4.78, 5) is 19.9. The zero-order valence-electron chi connectivity index (χ0n) is 12.0. The van der Waals surface area contributed by atoms with Crippen LogP contribution >= 0.6 is 0 Å². The minimum atomic E-state index is -0.586. The van der Waals surface area contributed by atoms with Gasteiger partial charge >= 0.3 is 5.97 Å². The summed E-state index contributed by atoms with van der Waals surface area (Å²) in [5.41, 5.74) is 0.719. The molecule has 0 fully saturated rings. The molecule has 0 atom stereocenters. The molecule has 0 spiro atoms. The van der Waals surface area contributed by atoms with Gasteiger partial charge in [0.15, 0.2) is 11.6 Å². The van der Waals surface area contributed by atoms with E-state index in [4.69, 9.17) is 9.26 Å². The summed E-state index contributed by atoms with van der Waals surface area (Å²) in [6, 6.07) is 9.28. The first-order chi connectivity index (χ1) is 11.2. The second kappa shape index (κ2) is 6.78. The minimum absolute atomic E-state index is 0.00298. The number of nitrogens with zero attached hydrogens (tertiary/aromatic N) is 3. The maximum absolute atomic E-state index is 13.4. The molecule has 0 amide bonds. The molecule has 0 saturated carbocycles. The highest BCUT2D eigenvalue weighted by Crippen LogP contribution is 2.17. The van der Waals surface area contributed by atoms with E-state index in [-0.39, 0.29) is 18.6 Å². The van der Waals surface area contributed by atoms with Gasteiger partial charge in [-0.25, -0.2) is 4.39 Å². The fraction of sp³-hybridized carbons (Fsp3) is 0.125. The van der Waals surface area contributed by atoms with Gasteiger partial charge in [-0.15, -0.1) is 0 Å². The Kier molecular flexibility index (Phi) is 4.37. The summed E-state index contributed by atoms with van der Waals surface area (Å²) in [6.45, 7) is 0. The van der Waals surface area contributed by atoms with Crippen LogP contribution < -0.4 is 4.74 Å². The Hall–Kier alpha value is -3.09. The standard InChI is InChI=1S/C16H12FN3O3/c17-12-5-1-2-6-13(12)22-15(21)8-7-14-19-16(20-23-14)11-4-3-9-18-10-11/h1-6,9-10H,7-8H2. The zero-order valence-corrected chi connectivity index (χ0v) is 12.0. The van der Waals surface area contributed by atoms with Crippen LogP contribution in [0.2, 0.25) is 0 Å². The first-order valence-electron chi connectivity index (χ1n) is 6.90. The number of carbonyl (C=O) groups is 1. The highest BCUT2D eigenvalue weighted by atomic mass is 19.1. The number of rotatable bonds is 5. The monoisotopic (exact) mass is 313 g/mol. The van der Waals surface area contributed by atoms with E-state index in [0.717, 1.165) is 5.56 Å². The molecule has 0 radical (unpaired) electrons. The van der Waals surface area contributed by atoms with E-state index in [9.17, 15) is 9.18 Å². The molecular formula is C16H12FN3O3. The van der Waals surface area contributed by atoms with E-state index in [1.165, 1.54) is 18.2 Å². The second-order valence-electron chi connectivity index (χ2n) is 4.66. The topological polar surface area (TPSA) is 78.1 Å². The van der Waals surface area contributed by atoms with Gasteiger partial charge in [0.25, 0.3) is 0 Å². The predicted molar refractivity (Wildman–Crippen MR) is 77.9 cm³/mol. The second-order valence-corrected chi connectivity index (χ2v) is 4.66. The Labute approximate surface area is 130 Å². The Morgan fingerprint density at radius 2 is 2.09 bits per heavy atom. The third-order valence-corrected chi connectivity index (χ3v) is 2.99. The number of pyridine rings is 1. The van der Waals surface area contributed by atoms with Crippen molar-refractivity contribution in [1.82, 2.24) is 15.1 Å². The number of aromatic nitrogens is 3. The van der Waals surface area contributed by atoms with Crippen molar-refractivity contribution >= 4 is 5.97 Å². The number of aryl methyl sites for hydroxylation is 1. The quantitative estimate of drug-likeness (QED) is 0.532. The maximum Gasteiger partial charge on any atom is 0.311 e. The molecule has 1 aromatic carbocycles. The Bertz CT molecular complexity index is 805. The van der Waals surface area contributed by atoms with Crippen LogP contribution in [-0.2, 0) is 11.2 Å². The molecule has 0 N–H and O–H groups in total. The summed E-state index contributed by atoms with van der Waals surface area (Å²) in [7, 11) is 0. The van der Waals surface area contributed by atoms with Crippen LogP contribution in [0.4, 0.5) is 4.39 Å². The van der Waals surface area contributed by atoms with Crippen molar-refractivity contribution in [3.05, 3.63) is 60.5 Å². The lowest BCUT2D eigenvalue weighted by Crippen LogP contribution is -2.10. The summed E-state index contributed by atoms with van der Waals surface area (Å²) in [6.07, 6.45) is 3.47. The molecule has 3 aromatic rings. The predicted octanol–water partition coefficient (Wildman–Crippen LogP) is 2.81. The van der Waals surface area contributed by atoms with Gasteiger partial charge in [-0.1, -0.05) is 17.3 Å². The van der Waals surface area contributed by atoms with Gasteiger partial charge in [-0.3, -0.25) is 9.78 Å². The lowest BCUT2D eigenvalue weighted by atomic mass is 10.2. The number of hydrogen-bond donors (Lipinski definition) is 0. The summed E-state index contributed by atoms with van der Waals surface area (Å²) < 4.78 is 23.4. The number of esters is 1. The molecule has 0 bridgehead atoms. The molecule has 0 aliphatic carbocycles. The van der Waals surface area contributed by atoms with Crippen molar-refractivity contribution in [2.45, 2.75) is 12.8 Å². The van der Waals surface area contributed by atoms with Crippen molar-refractivity contribution in [3.63, 3.8) is 0 Å². The van der Waals surface area contributed by atoms with Crippen LogP contribution in [0, 0.1) is 5.82 Å².